The smallest absolute Gasteiger partial charge is 0.211 e. The predicted molar refractivity (Wildman–Crippen MR) is 70.5 cm³/mol. The fourth-order valence-electron chi connectivity index (χ4n) is 2.27. The molecule has 1 fully saturated rings. The van der Waals surface area contributed by atoms with Crippen LogP contribution in [0.1, 0.15) is 31.4 Å². The zero-order valence-corrected chi connectivity index (χ0v) is 11.0. The van der Waals surface area contributed by atoms with E-state index in [1.165, 1.54) is 25.7 Å². The van der Waals surface area contributed by atoms with Crippen LogP contribution >= 0.6 is 0 Å². The van der Waals surface area contributed by atoms with Crippen molar-refractivity contribution in [1.82, 2.24) is 15.1 Å². The number of nitrogens with zero attached hydrogens (tertiary/aromatic N) is 3. The van der Waals surface area contributed by atoms with E-state index < -0.39 is 0 Å². The summed E-state index contributed by atoms with van der Waals surface area (Å²) in [6, 6.07) is 2.36. The molecule has 6 nitrogen and oxygen atoms in total. The number of hydrogen-bond acceptors (Lipinski definition) is 3. The molecule has 0 saturated heterocycles. The van der Waals surface area contributed by atoms with Crippen LogP contribution < -0.4 is 15.8 Å². The lowest BCUT2D eigenvalue weighted by Gasteiger charge is -2.11. The average molecular weight is 251 g/mol. The Labute approximate surface area is 107 Å². The van der Waals surface area contributed by atoms with E-state index in [9.17, 15) is 0 Å². The number of aryl methyl sites for hydroxylation is 1. The maximum atomic E-state index is 5.85. The first kappa shape index (κ1) is 12.7. The van der Waals surface area contributed by atoms with Crippen molar-refractivity contribution >= 4 is 5.96 Å². The monoisotopic (exact) mass is 251 g/mol. The summed E-state index contributed by atoms with van der Waals surface area (Å²) in [4.78, 5) is 4.30. The van der Waals surface area contributed by atoms with Crippen molar-refractivity contribution < 1.29 is 4.74 Å². The van der Waals surface area contributed by atoms with Gasteiger partial charge in [0.1, 0.15) is 0 Å². The summed E-state index contributed by atoms with van der Waals surface area (Å²) in [7, 11) is 3.46. The molecular weight excluding hydrogens is 230 g/mol. The highest BCUT2D eigenvalue weighted by Gasteiger charge is 2.14. The molecule has 0 spiro atoms. The van der Waals surface area contributed by atoms with E-state index in [1.807, 2.05) is 13.1 Å². The van der Waals surface area contributed by atoms with Crippen molar-refractivity contribution in [3.63, 3.8) is 0 Å². The molecule has 18 heavy (non-hydrogen) atoms. The molecule has 1 aromatic rings. The van der Waals surface area contributed by atoms with Gasteiger partial charge < -0.3 is 15.8 Å². The maximum Gasteiger partial charge on any atom is 0.211 e. The Hall–Kier alpha value is -1.72. The van der Waals surface area contributed by atoms with Crippen LogP contribution in [-0.2, 0) is 13.6 Å². The van der Waals surface area contributed by atoms with E-state index in [2.05, 4.69) is 15.4 Å². The molecule has 0 bridgehead atoms. The highest BCUT2D eigenvalue weighted by atomic mass is 16.5. The van der Waals surface area contributed by atoms with Crippen LogP contribution in [0.2, 0.25) is 0 Å². The molecule has 100 valence electrons. The van der Waals surface area contributed by atoms with Gasteiger partial charge in [-0.25, -0.2) is 9.67 Å². The Kier molecular flexibility index (Phi) is 4.07. The number of methoxy groups -OCH3 is 1. The Morgan fingerprint density at radius 2 is 2.33 bits per heavy atom. The quantitative estimate of drug-likeness (QED) is 0.612. The van der Waals surface area contributed by atoms with Gasteiger partial charge >= 0.3 is 0 Å². The van der Waals surface area contributed by atoms with Crippen LogP contribution in [0.4, 0.5) is 0 Å². The zero-order chi connectivity index (χ0) is 13.0. The van der Waals surface area contributed by atoms with Gasteiger partial charge in [0.25, 0.3) is 0 Å². The summed E-state index contributed by atoms with van der Waals surface area (Å²) >= 11 is 0. The fourth-order valence-corrected chi connectivity index (χ4v) is 2.27. The minimum absolute atomic E-state index is 0.475. The lowest BCUT2D eigenvalue weighted by Crippen LogP contribution is -2.38. The molecule has 1 saturated carbocycles. The summed E-state index contributed by atoms with van der Waals surface area (Å²) < 4.78 is 6.83. The van der Waals surface area contributed by atoms with Gasteiger partial charge in [0.2, 0.25) is 5.88 Å². The molecule has 1 aromatic heterocycles. The standard InChI is InChI=1S/C12H21N5O/c1-17-11(18-2)7-10(16-17)8-14-12(13)15-9-5-3-4-6-9/h7,9H,3-6,8H2,1-2H3,(H3,13,14,15). The van der Waals surface area contributed by atoms with Gasteiger partial charge in [-0.05, 0) is 12.8 Å². The SMILES string of the molecule is COc1cc(CN=C(N)NC2CCCC2)nn1C. The second-order valence-electron chi connectivity index (χ2n) is 4.63. The number of aromatic nitrogens is 2. The number of guanidine groups is 1. The summed E-state index contributed by atoms with van der Waals surface area (Å²) in [5.74, 6) is 1.23. The second kappa shape index (κ2) is 5.75. The normalized spacial score (nSPS) is 17.1. The van der Waals surface area contributed by atoms with Crippen molar-refractivity contribution in [3.8, 4) is 5.88 Å². The van der Waals surface area contributed by atoms with Crippen LogP contribution in [-0.4, -0.2) is 28.9 Å². The number of nitrogens with two attached hydrogens (primary N) is 1. The molecule has 2 rings (SSSR count). The Bertz CT molecular complexity index is 420. The average Bonchev–Trinajstić information content (AvgIpc) is 2.96. The third kappa shape index (κ3) is 3.15. The molecule has 3 N–H and O–H groups in total. The number of rotatable bonds is 4. The van der Waals surface area contributed by atoms with Crippen molar-refractivity contribution in [1.29, 1.82) is 0 Å². The van der Waals surface area contributed by atoms with E-state index in [0.29, 0.717) is 18.5 Å². The van der Waals surface area contributed by atoms with E-state index in [4.69, 9.17) is 10.5 Å². The van der Waals surface area contributed by atoms with Crippen molar-refractivity contribution in [2.45, 2.75) is 38.3 Å². The second-order valence-corrected chi connectivity index (χ2v) is 4.63. The van der Waals surface area contributed by atoms with Gasteiger partial charge in [-0.15, -0.1) is 0 Å². The lowest BCUT2D eigenvalue weighted by molar-refractivity contribution is 0.373. The molecule has 0 amide bonds. The molecule has 0 radical (unpaired) electrons. The van der Waals surface area contributed by atoms with Crippen LogP contribution in [0.25, 0.3) is 0 Å². The third-order valence-corrected chi connectivity index (χ3v) is 3.22. The molecule has 1 heterocycles. The fraction of sp³-hybridized carbons (Fsp3) is 0.667. The summed E-state index contributed by atoms with van der Waals surface area (Å²) in [6.45, 7) is 0.475. The zero-order valence-electron chi connectivity index (χ0n) is 11.0. The topological polar surface area (TPSA) is 77.5 Å². The molecule has 6 heteroatoms. The summed E-state index contributed by atoms with van der Waals surface area (Å²) in [5.41, 5.74) is 6.70. The van der Waals surface area contributed by atoms with E-state index >= 15 is 0 Å². The van der Waals surface area contributed by atoms with Gasteiger partial charge in [-0.3, -0.25) is 0 Å². The first-order valence-corrected chi connectivity index (χ1v) is 6.32. The Morgan fingerprint density at radius 1 is 1.61 bits per heavy atom. The van der Waals surface area contributed by atoms with E-state index in [-0.39, 0.29) is 0 Å². The molecule has 0 aliphatic heterocycles. The highest BCUT2D eigenvalue weighted by Crippen LogP contribution is 2.17. The summed E-state index contributed by atoms with van der Waals surface area (Å²) in [5, 5.41) is 7.53. The van der Waals surface area contributed by atoms with Gasteiger partial charge in [0, 0.05) is 19.2 Å². The molecule has 1 aliphatic carbocycles. The van der Waals surface area contributed by atoms with Gasteiger partial charge in [0.05, 0.1) is 19.3 Å². The van der Waals surface area contributed by atoms with Gasteiger partial charge in [-0.1, -0.05) is 12.8 Å². The Balaban J connectivity index is 1.88. The number of ether oxygens (including phenoxy) is 1. The molecular formula is C12H21N5O. The van der Waals surface area contributed by atoms with Gasteiger partial charge in [0.15, 0.2) is 5.96 Å². The van der Waals surface area contributed by atoms with E-state index in [0.717, 1.165) is 11.6 Å². The minimum atomic E-state index is 0.475. The predicted octanol–water partition coefficient (Wildman–Crippen LogP) is 0.776. The largest absolute Gasteiger partial charge is 0.481 e. The van der Waals surface area contributed by atoms with Crippen molar-refractivity contribution in [3.05, 3.63) is 11.8 Å². The molecule has 1 aliphatic rings. The molecule has 0 aromatic carbocycles. The van der Waals surface area contributed by atoms with Crippen LogP contribution in [0.15, 0.2) is 11.1 Å². The number of hydrogen-bond donors (Lipinski definition) is 2. The molecule has 0 unspecified atom stereocenters. The molecule has 0 atom stereocenters. The van der Waals surface area contributed by atoms with Crippen molar-refractivity contribution in [2.24, 2.45) is 17.8 Å². The van der Waals surface area contributed by atoms with Crippen LogP contribution in [0.3, 0.4) is 0 Å². The van der Waals surface area contributed by atoms with Gasteiger partial charge in [-0.2, -0.15) is 5.10 Å². The van der Waals surface area contributed by atoms with Crippen molar-refractivity contribution in [2.75, 3.05) is 7.11 Å². The summed E-state index contributed by atoms with van der Waals surface area (Å²) in [6.07, 6.45) is 4.94. The minimum Gasteiger partial charge on any atom is -0.481 e. The first-order valence-electron chi connectivity index (χ1n) is 6.32. The van der Waals surface area contributed by atoms with E-state index in [1.54, 1.807) is 11.8 Å². The number of aliphatic imine (C=N–C) groups is 1. The Morgan fingerprint density at radius 3 is 2.94 bits per heavy atom. The van der Waals surface area contributed by atoms with Crippen LogP contribution in [0.5, 0.6) is 5.88 Å². The first-order chi connectivity index (χ1) is 8.69. The maximum absolute atomic E-state index is 5.85. The number of nitrogens with one attached hydrogen (secondary N) is 1. The third-order valence-electron chi connectivity index (χ3n) is 3.22. The highest BCUT2D eigenvalue weighted by molar-refractivity contribution is 5.78. The lowest BCUT2D eigenvalue weighted by atomic mass is 10.2. The van der Waals surface area contributed by atoms with Crippen LogP contribution in [0, 0.1) is 0 Å².